The summed E-state index contributed by atoms with van der Waals surface area (Å²) in [7, 11) is -2.96. The molecule has 0 radical (unpaired) electrons. The zero-order valence-electron chi connectivity index (χ0n) is 12.3. The van der Waals surface area contributed by atoms with Gasteiger partial charge in [-0.2, -0.15) is 0 Å². The highest BCUT2D eigenvalue weighted by molar-refractivity contribution is 7.91. The van der Waals surface area contributed by atoms with Gasteiger partial charge in [0.1, 0.15) is 0 Å². The van der Waals surface area contributed by atoms with Crippen LogP contribution < -0.4 is 11.1 Å². The van der Waals surface area contributed by atoms with Crippen LogP contribution in [0, 0.1) is 6.92 Å². The number of amides is 1. The minimum Gasteiger partial charge on any atom is -0.398 e. The number of rotatable bonds is 3. The lowest BCUT2D eigenvalue weighted by Crippen LogP contribution is -2.49. The number of aryl methyl sites for hydroxylation is 1. The number of benzene rings is 1. The molecule has 1 amide bonds. The average molecular weight is 311 g/mol. The fourth-order valence-corrected chi connectivity index (χ4v) is 4.00. The van der Waals surface area contributed by atoms with Gasteiger partial charge in [0, 0.05) is 24.0 Å². The molecule has 0 aliphatic carbocycles. The number of nitrogens with zero attached hydrogens (tertiary/aromatic N) is 1. The standard InChI is InChI=1S/C14H21N3O3S/c1-10-3-4-12(7-13(10)15)16-14(18)8-17-5-6-21(19,20)9-11(17)2/h3-4,7,11H,5-6,8-9,15H2,1-2H3,(H,16,18). The van der Waals surface area contributed by atoms with Crippen LogP contribution >= 0.6 is 0 Å². The van der Waals surface area contributed by atoms with Crippen LogP contribution in [0.1, 0.15) is 12.5 Å². The van der Waals surface area contributed by atoms with Crippen molar-refractivity contribution in [2.75, 3.05) is 35.6 Å². The lowest BCUT2D eigenvalue weighted by atomic mass is 10.2. The fourth-order valence-electron chi connectivity index (χ4n) is 2.37. The Balaban J connectivity index is 1.94. The summed E-state index contributed by atoms with van der Waals surface area (Å²) in [5.74, 6) is 0.0595. The summed E-state index contributed by atoms with van der Waals surface area (Å²) >= 11 is 0. The van der Waals surface area contributed by atoms with Gasteiger partial charge < -0.3 is 11.1 Å². The molecule has 7 heteroatoms. The second-order valence-electron chi connectivity index (χ2n) is 5.55. The van der Waals surface area contributed by atoms with Crippen molar-refractivity contribution in [1.29, 1.82) is 0 Å². The Hall–Kier alpha value is -1.60. The molecule has 1 aromatic rings. The Morgan fingerprint density at radius 2 is 2.19 bits per heavy atom. The van der Waals surface area contributed by atoms with E-state index in [4.69, 9.17) is 5.73 Å². The topological polar surface area (TPSA) is 92.5 Å². The Kier molecular flexibility index (Phi) is 4.53. The first-order valence-electron chi connectivity index (χ1n) is 6.87. The van der Waals surface area contributed by atoms with E-state index in [1.807, 2.05) is 24.8 Å². The van der Waals surface area contributed by atoms with Crippen LogP contribution in [0.3, 0.4) is 0 Å². The molecule has 1 aliphatic heterocycles. The van der Waals surface area contributed by atoms with Gasteiger partial charge in [0.15, 0.2) is 9.84 Å². The van der Waals surface area contributed by atoms with Crippen molar-refractivity contribution in [3.63, 3.8) is 0 Å². The number of nitrogens with one attached hydrogen (secondary N) is 1. The third-order valence-electron chi connectivity index (χ3n) is 3.72. The summed E-state index contributed by atoms with van der Waals surface area (Å²) in [6.45, 7) is 4.31. The number of sulfone groups is 1. The van der Waals surface area contributed by atoms with Crippen LogP contribution in [0.5, 0.6) is 0 Å². The second kappa shape index (κ2) is 6.03. The number of carbonyl (C=O) groups excluding carboxylic acids is 1. The minimum atomic E-state index is -2.96. The van der Waals surface area contributed by atoms with E-state index in [9.17, 15) is 13.2 Å². The van der Waals surface area contributed by atoms with Crippen molar-refractivity contribution in [2.24, 2.45) is 0 Å². The number of nitrogen functional groups attached to an aromatic ring is 1. The Morgan fingerprint density at radius 1 is 1.48 bits per heavy atom. The third kappa shape index (κ3) is 4.18. The van der Waals surface area contributed by atoms with E-state index in [0.717, 1.165) is 5.56 Å². The van der Waals surface area contributed by atoms with E-state index in [2.05, 4.69) is 5.32 Å². The zero-order chi connectivity index (χ0) is 15.6. The molecule has 1 aliphatic rings. The number of nitrogens with two attached hydrogens (primary N) is 1. The van der Waals surface area contributed by atoms with Crippen molar-refractivity contribution < 1.29 is 13.2 Å². The van der Waals surface area contributed by atoms with E-state index >= 15 is 0 Å². The Morgan fingerprint density at radius 3 is 2.81 bits per heavy atom. The molecule has 116 valence electrons. The van der Waals surface area contributed by atoms with Gasteiger partial charge in [0.25, 0.3) is 0 Å². The summed E-state index contributed by atoms with van der Waals surface area (Å²) in [6, 6.07) is 5.23. The summed E-state index contributed by atoms with van der Waals surface area (Å²) in [6.07, 6.45) is 0. The maximum Gasteiger partial charge on any atom is 0.238 e. The minimum absolute atomic E-state index is 0.109. The summed E-state index contributed by atoms with van der Waals surface area (Å²) in [5.41, 5.74) is 8.05. The highest BCUT2D eigenvalue weighted by Crippen LogP contribution is 2.17. The van der Waals surface area contributed by atoms with Crippen LogP contribution in [-0.2, 0) is 14.6 Å². The van der Waals surface area contributed by atoms with Gasteiger partial charge in [-0.25, -0.2) is 8.42 Å². The molecule has 1 unspecified atom stereocenters. The van der Waals surface area contributed by atoms with E-state index in [-0.39, 0.29) is 30.0 Å². The molecule has 3 N–H and O–H groups in total. The highest BCUT2D eigenvalue weighted by atomic mass is 32.2. The maximum absolute atomic E-state index is 12.0. The van der Waals surface area contributed by atoms with E-state index in [1.165, 1.54) is 0 Å². The lowest BCUT2D eigenvalue weighted by Gasteiger charge is -2.32. The predicted molar refractivity (Wildman–Crippen MR) is 83.9 cm³/mol. The van der Waals surface area contributed by atoms with Crippen molar-refractivity contribution in [1.82, 2.24) is 4.90 Å². The molecule has 21 heavy (non-hydrogen) atoms. The number of anilines is 2. The van der Waals surface area contributed by atoms with Crippen molar-refractivity contribution >= 4 is 27.1 Å². The van der Waals surface area contributed by atoms with E-state index < -0.39 is 9.84 Å². The zero-order valence-corrected chi connectivity index (χ0v) is 13.1. The van der Waals surface area contributed by atoms with Gasteiger partial charge in [-0.1, -0.05) is 6.07 Å². The molecule has 2 rings (SSSR count). The summed E-state index contributed by atoms with van der Waals surface area (Å²) in [4.78, 5) is 13.9. The largest absolute Gasteiger partial charge is 0.398 e. The molecule has 1 aromatic carbocycles. The molecular formula is C14H21N3O3S. The summed E-state index contributed by atoms with van der Waals surface area (Å²) < 4.78 is 23.0. The van der Waals surface area contributed by atoms with Crippen molar-refractivity contribution in [2.45, 2.75) is 19.9 Å². The van der Waals surface area contributed by atoms with Crippen LogP contribution in [0.25, 0.3) is 0 Å². The first kappa shape index (κ1) is 15.8. The first-order chi connectivity index (χ1) is 9.77. The number of carbonyl (C=O) groups is 1. The molecule has 0 aromatic heterocycles. The number of hydrogen-bond acceptors (Lipinski definition) is 5. The van der Waals surface area contributed by atoms with Gasteiger partial charge in [0.2, 0.25) is 5.91 Å². The van der Waals surface area contributed by atoms with Gasteiger partial charge in [0.05, 0.1) is 18.1 Å². The highest BCUT2D eigenvalue weighted by Gasteiger charge is 2.29. The van der Waals surface area contributed by atoms with Crippen LogP contribution in [0.15, 0.2) is 18.2 Å². The molecule has 1 atom stereocenters. The molecule has 0 saturated carbocycles. The van der Waals surface area contributed by atoms with Crippen LogP contribution in [0.4, 0.5) is 11.4 Å². The molecule has 6 nitrogen and oxygen atoms in total. The molecule has 1 fully saturated rings. The lowest BCUT2D eigenvalue weighted by molar-refractivity contribution is -0.117. The maximum atomic E-state index is 12.0. The smallest absolute Gasteiger partial charge is 0.238 e. The SMILES string of the molecule is Cc1ccc(NC(=O)CN2CCS(=O)(=O)CC2C)cc1N. The molecule has 0 spiro atoms. The quantitative estimate of drug-likeness (QED) is 0.799. The normalized spacial score (nSPS) is 21.9. The summed E-state index contributed by atoms with van der Waals surface area (Å²) in [5, 5.41) is 2.79. The predicted octanol–water partition coefficient (Wildman–Crippen LogP) is 0.635. The number of hydrogen-bond donors (Lipinski definition) is 2. The van der Waals surface area contributed by atoms with Crippen molar-refractivity contribution in [3.8, 4) is 0 Å². The van der Waals surface area contributed by atoms with E-state index in [0.29, 0.717) is 17.9 Å². The second-order valence-corrected chi connectivity index (χ2v) is 7.78. The molecule has 1 saturated heterocycles. The molecular weight excluding hydrogens is 290 g/mol. The molecule has 1 heterocycles. The van der Waals surface area contributed by atoms with Crippen LogP contribution in [-0.4, -0.2) is 49.9 Å². The van der Waals surface area contributed by atoms with Crippen molar-refractivity contribution in [3.05, 3.63) is 23.8 Å². The molecule has 0 bridgehead atoms. The Bertz CT molecular complexity index is 643. The van der Waals surface area contributed by atoms with Gasteiger partial charge in [-0.3, -0.25) is 9.69 Å². The van der Waals surface area contributed by atoms with Crippen LogP contribution in [0.2, 0.25) is 0 Å². The Labute approximate surface area is 125 Å². The monoisotopic (exact) mass is 311 g/mol. The average Bonchev–Trinajstić information content (AvgIpc) is 2.37. The third-order valence-corrected chi connectivity index (χ3v) is 5.51. The first-order valence-corrected chi connectivity index (χ1v) is 8.69. The van der Waals surface area contributed by atoms with Gasteiger partial charge >= 0.3 is 0 Å². The fraction of sp³-hybridized carbons (Fsp3) is 0.500. The van der Waals surface area contributed by atoms with E-state index in [1.54, 1.807) is 12.1 Å². The van der Waals surface area contributed by atoms with Gasteiger partial charge in [-0.05, 0) is 31.5 Å². The van der Waals surface area contributed by atoms with Gasteiger partial charge in [-0.15, -0.1) is 0 Å².